The van der Waals surface area contributed by atoms with E-state index in [2.05, 4.69) is 15.7 Å². The number of rotatable bonds is 6. The zero-order valence-electron chi connectivity index (χ0n) is 16.9. The van der Waals surface area contributed by atoms with Gasteiger partial charge in [-0.3, -0.25) is 14.3 Å². The van der Waals surface area contributed by atoms with Crippen LogP contribution in [0, 0.1) is 0 Å². The molecular weight excluding hydrogens is 406 g/mol. The van der Waals surface area contributed by atoms with Crippen molar-refractivity contribution in [2.75, 3.05) is 38.1 Å². The smallest absolute Gasteiger partial charge is 0.276 e. The lowest BCUT2D eigenvalue weighted by Crippen LogP contribution is -2.32. The van der Waals surface area contributed by atoms with E-state index in [1.54, 1.807) is 30.3 Å². The second kappa shape index (κ2) is 10.4. The molecule has 2 saturated heterocycles. The number of halogens is 1. The molecule has 4 rings (SSSR count). The topological polar surface area (TPSA) is 88.5 Å². The van der Waals surface area contributed by atoms with E-state index in [0.717, 1.165) is 51.9 Å². The van der Waals surface area contributed by atoms with E-state index >= 15 is 0 Å². The number of anilines is 1. The number of ether oxygens (including phenoxy) is 1. The van der Waals surface area contributed by atoms with Crippen molar-refractivity contribution in [1.29, 1.82) is 0 Å². The Morgan fingerprint density at radius 2 is 2.03 bits per heavy atom. The minimum Gasteiger partial charge on any atom is -0.484 e. The van der Waals surface area contributed by atoms with E-state index < -0.39 is 0 Å². The second-order valence-corrected chi connectivity index (χ2v) is 7.54. The van der Waals surface area contributed by atoms with Crippen LogP contribution in [0.3, 0.4) is 0 Å². The van der Waals surface area contributed by atoms with Gasteiger partial charge >= 0.3 is 0 Å². The fourth-order valence-electron chi connectivity index (χ4n) is 3.78. The molecule has 162 valence electrons. The van der Waals surface area contributed by atoms with E-state index in [0.29, 0.717) is 17.1 Å². The van der Waals surface area contributed by atoms with Crippen LogP contribution in [0.15, 0.2) is 36.5 Å². The minimum atomic E-state index is -0.266. The molecule has 1 atom stereocenters. The summed E-state index contributed by atoms with van der Waals surface area (Å²) in [6.07, 6.45) is 6.14. The van der Waals surface area contributed by atoms with Gasteiger partial charge in [-0.1, -0.05) is 6.07 Å². The second-order valence-electron chi connectivity index (χ2n) is 7.54. The monoisotopic (exact) mass is 433 g/mol. The van der Waals surface area contributed by atoms with Crippen molar-refractivity contribution in [3.8, 4) is 5.75 Å². The number of carbonyl (C=O) groups is 2. The first-order valence-electron chi connectivity index (χ1n) is 10.3. The number of piperidine rings is 1. The van der Waals surface area contributed by atoms with Gasteiger partial charge in [0.1, 0.15) is 5.75 Å². The predicted octanol–water partition coefficient (Wildman–Crippen LogP) is 2.48. The highest BCUT2D eigenvalue weighted by Gasteiger charge is 2.19. The van der Waals surface area contributed by atoms with E-state index in [1.165, 1.54) is 0 Å². The first kappa shape index (κ1) is 22.1. The molecule has 2 N–H and O–H groups in total. The van der Waals surface area contributed by atoms with Gasteiger partial charge in [0.2, 0.25) is 0 Å². The standard InChI is InChI=1S/C21H27N5O3.ClH/c27-20(25-10-1-2-11-25)15-29-18-7-3-5-16(13-18)23-21(28)19-8-12-26(24-19)17-6-4-9-22-14-17;/h3,5,7-8,12-13,17,22H,1-2,4,6,9-11,14-15H2,(H,23,28);1H. The molecule has 1 aromatic heterocycles. The summed E-state index contributed by atoms with van der Waals surface area (Å²) in [6, 6.07) is 9.09. The Labute approximate surface area is 182 Å². The summed E-state index contributed by atoms with van der Waals surface area (Å²) in [5.41, 5.74) is 0.987. The Hall–Kier alpha value is -2.58. The van der Waals surface area contributed by atoms with Crippen molar-refractivity contribution in [3.05, 3.63) is 42.2 Å². The van der Waals surface area contributed by atoms with Crippen LogP contribution in [0.1, 0.15) is 42.2 Å². The van der Waals surface area contributed by atoms with Gasteiger partial charge in [-0.15, -0.1) is 12.4 Å². The maximum absolute atomic E-state index is 12.6. The Balaban J connectivity index is 0.00000256. The van der Waals surface area contributed by atoms with Gasteiger partial charge < -0.3 is 20.3 Å². The third-order valence-electron chi connectivity index (χ3n) is 5.40. The number of likely N-dealkylation sites (tertiary alicyclic amines) is 1. The summed E-state index contributed by atoms with van der Waals surface area (Å²) in [4.78, 5) is 26.5. The predicted molar refractivity (Wildman–Crippen MR) is 116 cm³/mol. The first-order chi connectivity index (χ1) is 14.2. The van der Waals surface area contributed by atoms with Crippen LogP contribution in [0.5, 0.6) is 5.75 Å². The van der Waals surface area contributed by atoms with Crippen LogP contribution in [-0.2, 0) is 4.79 Å². The van der Waals surface area contributed by atoms with Gasteiger partial charge in [0.25, 0.3) is 11.8 Å². The molecule has 1 unspecified atom stereocenters. The fraction of sp³-hybridized carbons (Fsp3) is 0.476. The highest BCUT2D eigenvalue weighted by molar-refractivity contribution is 6.02. The Bertz CT molecular complexity index is 860. The fourth-order valence-corrected chi connectivity index (χ4v) is 3.78. The molecule has 3 heterocycles. The van der Waals surface area contributed by atoms with Crippen LogP contribution in [-0.4, -0.2) is 59.3 Å². The van der Waals surface area contributed by atoms with Crippen molar-refractivity contribution in [2.45, 2.75) is 31.7 Å². The lowest BCUT2D eigenvalue weighted by atomic mass is 10.1. The van der Waals surface area contributed by atoms with E-state index in [1.807, 2.05) is 15.8 Å². The zero-order chi connectivity index (χ0) is 20.1. The molecule has 2 aromatic rings. The third kappa shape index (κ3) is 5.52. The molecular formula is C21H28ClN5O3. The Kier molecular flexibility index (Phi) is 7.70. The van der Waals surface area contributed by atoms with Gasteiger partial charge in [0.15, 0.2) is 12.3 Å². The van der Waals surface area contributed by atoms with Crippen LogP contribution < -0.4 is 15.4 Å². The molecule has 2 aliphatic heterocycles. The molecule has 2 amide bonds. The molecule has 1 aromatic carbocycles. The molecule has 0 radical (unpaired) electrons. The normalized spacial score (nSPS) is 18.5. The first-order valence-corrected chi connectivity index (χ1v) is 10.3. The zero-order valence-corrected chi connectivity index (χ0v) is 17.7. The van der Waals surface area contributed by atoms with Gasteiger partial charge in [0.05, 0.1) is 6.04 Å². The molecule has 9 heteroatoms. The van der Waals surface area contributed by atoms with Crippen molar-refractivity contribution in [2.24, 2.45) is 0 Å². The third-order valence-corrected chi connectivity index (χ3v) is 5.40. The van der Waals surface area contributed by atoms with Gasteiger partial charge in [-0.2, -0.15) is 5.10 Å². The molecule has 0 spiro atoms. The lowest BCUT2D eigenvalue weighted by Gasteiger charge is -2.22. The van der Waals surface area contributed by atoms with Gasteiger partial charge in [-0.05, 0) is 50.4 Å². The van der Waals surface area contributed by atoms with Crippen molar-refractivity contribution < 1.29 is 14.3 Å². The summed E-state index contributed by atoms with van der Waals surface area (Å²) >= 11 is 0. The SMILES string of the molecule is Cl.O=C(Nc1cccc(OCC(=O)N2CCCC2)c1)c1ccn(C2CCCNC2)n1. The molecule has 30 heavy (non-hydrogen) atoms. The summed E-state index contributed by atoms with van der Waals surface area (Å²) in [7, 11) is 0. The van der Waals surface area contributed by atoms with Crippen LogP contribution in [0.2, 0.25) is 0 Å². The number of nitrogens with zero attached hydrogens (tertiary/aromatic N) is 3. The number of amides is 2. The number of hydrogen-bond donors (Lipinski definition) is 2. The van der Waals surface area contributed by atoms with Gasteiger partial charge in [-0.25, -0.2) is 0 Å². The van der Waals surface area contributed by atoms with E-state index in [9.17, 15) is 9.59 Å². The van der Waals surface area contributed by atoms with Crippen molar-refractivity contribution in [1.82, 2.24) is 20.0 Å². The highest BCUT2D eigenvalue weighted by Crippen LogP contribution is 2.19. The summed E-state index contributed by atoms with van der Waals surface area (Å²) in [5, 5.41) is 10.6. The lowest BCUT2D eigenvalue weighted by molar-refractivity contribution is -0.132. The van der Waals surface area contributed by atoms with E-state index in [4.69, 9.17) is 4.74 Å². The largest absolute Gasteiger partial charge is 0.484 e. The maximum atomic E-state index is 12.6. The number of aromatic nitrogens is 2. The number of benzene rings is 1. The van der Waals surface area contributed by atoms with Crippen LogP contribution >= 0.6 is 12.4 Å². The maximum Gasteiger partial charge on any atom is 0.276 e. The Morgan fingerprint density at radius 1 is 1.20 bits per heavy atom. The highest BCUT2D eigenvalue weighted by atomic mass is 35.5. The molecule has 0 saturated carbocycles. The molecule has 8 nitrogen and oxygen atoms in total. The van der Waals surface area contributed by atoms with Crippen molar-refractivity contribution in [3.63, 3.8) is 0 Å². The van der Waals surface area contributed by atoms with Gasteiger partial charge in [0, 0.05) is 37.6 Å². The van der Waals surface area contributed by atoms with Crippen molar-refractivity contribution >= 4 is 29.9 Å². The number of nitrogens with one attached hydrogen (secondary N) is 2. The van der Waals surface area contributed by atoms with E-state index in [-0.39, 0.29) is 36.9 Å². The number of hydrogen-bond acceptors (Lipinski definition) is 5. The molecule has 0 bridgehead atoms. The molecule has 2 fully saturated rings. The molecule has 0 aliphatic carbocycles. The minimum absolute atomic E-state index is 0. The Morgan fingerprint density at radius 3 is 2.80 bits per heavy atom. The quantitative estimate of drug-likeness (QED) is 0.730. The average molecular weight is 434 g/mol. The summed E-state index contributed by atoms with van der Waals surface area (Å²) < 4.78 is 7.49. The van der Waals surface area contributed by atoms with Crippen LogP contribution in [0.4, 0.5) is 5.69 Å². The van der Waals surface area contributed by atoms with Crippen LogP contribution in [0.25, 0.3) is 0 Å². The number of carbonyl (C=O) groups excluding carboxylic acids is 2. The average Bonchev–Trinajstić information content (AvgIpc) is 3.45. The summed E-state index contributed by atoms with van der Waals surface area (Å²) in [5.74, 6) is 0.284. The summed E-state index contributed by atoms with van der Waals surface area (Å²) in [6.45, 7) is 3.53. The molecule has 2 aliphatic rings.